The Labute approximate surface area is 120 Å². The number of nitrogens with zero attached hydrogens (tertiary/aromatic N) is 1. The maximum absolute atomic E-state index is 12.6. The fraction of sp³-hybridized carbons (Fsp3) is 0.727. The number of carboxylic acids is 2. The second kappa shape index (κ2) is 6.83. The Morgan fingerprint density at radius 2 is 2.00 bits per heavy atom. The van der Waals surface area contributed by atoms with E-state index >= 15 is 0 Å². The van der Waals surface area contributed by atoms with Gasteiger partial charge in [-0.1, -0.05) is 0 Å². The first-order valence-electron chi connectivity index (χ1n) is 6.26. The van der Waals surface area contributed by atoms with Gasteiger partial charge in [-0.2, -0.15) is 8.42 Å². The molecule has 120 valence electrons. The van der Waals surface area contributed by atoms with Crippen LogP contribution in [0.15, 0.2) is 0 Å². The smallest absolute Gasteiger partial charge is 0.326 e. The average Bonchev–Trinajstić information content (AvgIpc) is 2.62. The van der Waals surface area contributed by atoms with Crippen molar-refractivity contribution in [3.8, 4) is 0 Å². The van der Waals surface area contributed by atoms with Crippen molar-refractivity contribution >= 4 is 28.1 Å². The standard InChI is InChI=1S/C11H16FNO7S/c12-21(19,20)6-7-4-9(14)13(5-7)8(11(17)18)2-1-3-10(15)16/h7-8H,1-6H2,(H,15,16)(H,17,18). The van der Waals surface area contributed by atoms with Gasteiger partial charge in [0, 0.05) is 25.3 Å². The van der Waals surface area contributed by atoms with Gasteiger partial charge >= 0.3 is 22.2 Å². The van der Waals surface area contributed by atoms with Gasteiger partial charge in [0.25, 0.3) is 0 Å². The Balaban J connectivity index is 2.68. The lowest BCUT2D eigenvalue weighted by Crippen LogP contribution is -2.42. The molecule has 1 aliphatic rings. The van der Waals surface area contributed by atoms with Gasteiger partial charge in [0.1, 0.15) is 6.04 Å². The highest BCUT2D eigenvalue weighted by Crippen LogP contribution is 2.24. The minimum Gasteiger partial charge on any atom is -0.481 e. The summed E-state index contributed by atoms with van der Waals surface area (Å²) in [7, 11) is -4.73. The van der Waals surface area contributed by atoms with Crippen molar-refractivity contribution in [2.45, 2.75) is 31.7 Å². The number of carbonyl (C=O) groups is 3. The molecule has 21 heavy (non-hydrogen) atoms. The van der Waals surface area contributed by atoms with E-state index in [0.717, 1.165) is 4.90 Å². The van der Waals surface area contributed by atoms with Crippen LogP contribution < -0.4 is 0 Å². The molecule has 1 saturated heterocycles. The van der Waals surface area contributed by atoms with Crippen molar-refractivity contribution in [1.29, 1.82) is 0 Å². The minimum absolute atomic E-state index is 0.0531. The van der Waals surface area contributed by atoms with Crippen LogP contribution in [0.3, 0.4) is 0 Å². The number of carboxylic acid groups (broad SMARTS) is 2. The molecule has 1 rings (SSSR count). The van der Waals surface area contributed by atoms with Gasteiger partial charge in [0.05, 0.1) is 5.75 Å². The van der Waals surface area contributed by atoms with Crippen LogP contribution in [0, 0.1) is 5.92 Å². The molecule has 0 aliphatic carbocycles. The van der Waals surface area contributed by atoms with Gasteiger partial charge in [-0.15, -0.1) is 3.89 Å². The second-order valence-electron chi connectivity index (χ2n) is 4.96. The lowest BCUT2D eigenvalue weighted by atomic mass is 10.1. The van der Waals surface area contributed by atoms with Gasteiger partial charge in [-0.3, -0.25) is 9.59 Å². The maximum atomic E-state index is 12.6. The summed E-state index contributed by atoms with van der Waals surface area (Å²) in [5.41, 5.74) is 0. The molecule has 2 unspecified atom stereocenters. The summed E-state index contributed by atoms with van der Waals surface area (Å²) in [5, 5.41) is 17.6. The molecule has 8 nitrogen and oxygen atoms in total. The number of aliphatic carboxylic acids is 2. The van der Waals surface area contributed by atoms with E-state index in [1.807, 2.05) is 0 Å². The minimum atomic E-state index is -4.73. The molecule has 0 aromatic carbocycles. The summed E-state index contributed by atoms with van der Waals surface area (Å²) in [6.07, 6.45) is -0.440. The highest BCUT2D eigenvalue weighted by atomic mass is 32.3. The van der Waals surface area contributed by atoms with Crippen LogP contribution in [0.25, 0.3) is 0 Å². The largest absolute Gasteiger partial charge is 0.481 e. The van der Waals surface area contributed by atoms with Crippen LogP contribution in [0.2, 0.25) is 0 Å². The molecule has 2 N–H and O–H groups in total. The Hall–Kier alpha value is -1.71. The van der Waals surface area contributed by atoms with Crippen LogP contribution >= 0.6 is 0 Å². The highest BCUT2D eigenvalue weighted by Gasteiger charge is 2.39. The summed E-state index contributed by atoms with van der Waals surface area (Å²) in [4.78, 5) is 34.3. The average molecular weight is 325 g/mol. The van der Waals surface area contributed by atoms with Crippen molar-refractivity contribution in [1.82, 2.24) is 4.90 Å². The van der Waals surface area contributed by atoms with Gasteiger partial charge in [-0.25, -0.2) is 4.79 Å². The van der Waals surface area contributed by atoms with E-state index < -0.39 is 45.8 Å². The van der Waals surface area contributed by atoms with Crippen molar-refractivity contribution in [2.24, 2.45) is 5.92 Å². The molecule has 1 fully saturated rings. The number of hydrogen-bond acceptors (Lipinski definition) is 5. The maximum Gasteiger partial charge on any atom is 0.326 e. The van der Waals surface area contributed by atoms with Crippen LogP contribution in [-0.2, 0) is 24.6 Å². The summed E-state index contributed by atoms with van der Waals surface area (Å²) >= 11 is 0. The molecule has 0 spiro atoms. The summed E-state index contributed by atoms with van der Waals surface area (Å²) in [6, 6.07) is -1.22. The summed E-state index contributed by atoms with van der Waals surface area (Å²) < 4.78 is 33.8. The summed E-state index contributed by atoms with van der Waals surface area (Å²) in [5.74, 6) is -4.54. The van der Waals surface area contributed by atoms with Crippen molar-refractivity contribution < 1.29 is 36.9 Å². The Morgan fingerprint density at radius 1 is 1.38 bits per heavy atom. The molecule has 0 saturated carbocycles. The number of carbonyl (C=O) groups excluding carboxylic acids is 1. The third-order valence-electron chi connectivity index (χ3n) is 3.20. The normalized spacial score (nSPS) is 20.5. The van der Waals surface area contributed by atoms with E-state index in [-0.39, 0.29) is 32.2 Å². The number of rotatable bonds is 8. The quantitative estimate of drug-likeness (QED) is 0.593. The Kier molecular flexibility index (Phi) is 5.64. The fourth-order valence-electron chi connectivity index (χ4n) is 2.36. The zero-order chi connectivity index (χ0) is 16.2. The molecule has 2 atom stereocenters. The first kappa shape index (κ1) is 17.3. The Bertz CT molecular complexity index is 533. The number of likely N-dealkylation sites (tertiary alicyclic amines) is 1. The van der Waals surface area contributed by atoms with E-state index in [9.17, 15) is 26.7 Å². The molecule has 0 aromatic rings. The fourth-order valence-corrected chi connectivity index (χ4v) is 3.15. The van der Waals surface area contributed by atoms with Crippen LogP contribution in [0.5, 0.6) is 0 Å². The molecule has 1 heterocycles. The lowest BCUT2D eigenvalue weighted by Gasteiger charge is -2.24. The summed E-state index contributed by atoms with van der Waals surface area (Å²) in [6.45, 7) is -0.161. The molecule has 0 bridgehead atoms. The zero-order valence-corrected chi connectivity index (χ0v) is 11.9. The van der Waals surface area contributed by atoms with E-state index in [1.165, 1.54) is 0 Å². The first-order chi connectivity index (χ1) is 9.60. The van der Waals surface area contributed by atoms with Gasteiger partial charge in [-0.05, 0) is 12.8 Å². The number of halogens is 1. The van der Waals surface area contributed by atoms with Crippen molar-refractivity contribution in [3.05, 3.63) is 0 Å². The van der Waals surface area contributed by atoms with E-state index in [1.54, 1.807) is 0 Å². The molecular formula is C11H16FNO7S. The molecule has 0 radical (unpaired) electrons. The molecular weight excluding hydrogens is 309 g/mol. The number of hydrogen-bond donors (Lipinski definition) is 2. The lowest BCUT2D eigenvalue weighted by molar-refractivity contribution is -0.149. The Morgan fingerprint density at radius 3 is 2.48 bits per heavy atom. The molecule has 10 heteroatoms. The topological polar surface area (TPSA) is 129 Å². The van der Waals surface area contributed by atoms with Gasteiger partial charge in [0.2, 0.25) is 5.91 Å². The SMILES string of the molecule is O=C(O)CCCC(C(=O)O)N1CC(CS(=O)(=O)F)CC1=O. The van der Waals surface area contributed by atoms with E-state index in [0.29, 0.717) is 0 Å². The van der Waals surface area contributed by atoms with Gasteiger partial charge < -0.3 is 15.1 Å². The second-order valence-corrected chi connectivity index (χ2v) is 6.37. The van der Waals surface area contributed by atoms with Crippen molar-refractivity contribution in [3.63, 3.8) is 0 Å². The van der Waals surface area contributed by atoms with Gasteiger partial charge in [0.15, 0.2) is 0 Å². The molecule has 1 aliphatic heterocycles. The first-order valence-corrected chi connectivity index (χ1v) is 7.82. The zero-order valence-electron chi connectivity index (χ0n) is 11.1. The molecule has 1 amide bonds. The van der Waals surface area contributed by atoms with Crippen LogP contribution in [-0.4, -0.2) is 59.7 Å². The third-order valence-corrected chi connectivity index (χ3v) is 4.07. The third kappa shape index (κ3) is 5.66. The number of amides is 1. The van der Waals surface area contributed by atoms with Crippen LogP contribution in [0.1, 0.15) is 25.7 Å². The molecule has 0 aromatic heterocycles. The van der Waals surface area contributed by atoms with E-state index in [2.05, 4.69) is 0 Å². The van der Waals surface area contributed by atoms with E-state index in [4.69, 9.17) is 10.2 Å². The van der Waals surface area contributed by atoms with Crippen molar-refractivity contribution in [2.75, 3.05) is 12.3 Å². The van der Waals surface area contributed by atoms with Crippen LogP contribution in [0.4, 0.5) is 3.89 Å². The highest BCUT2D eigenvalue weighted by molar-refractivity contribution is 7.86. The predicted molar refractivity (Wildman–Crippen MR) is 67.6 cm³/mol. The monoisotopic (exact) mass is 325 g/mol. The predicted octanol–water partition coefficient (Wildman–Crippen LogP) is -0.158.